The average Bonchev–Trinajstić information content (AvgIpc) is 3.06. The number of carbonyl (C=O) groups excluding carboxylic acids is 2. The SMILES string of the molecule is CC(C)[C@H](NC(=O)OC(C)(C)C)C(=O)N1CCCC[C@H]1CCS(=O)(=O)c1ncc(B2OC(C)(C)C(C)(C)O2)cn1. The number of rotatable bonds is 8. The number of nitrogens with one attached hydrogen (secondary N) is 1. The molecule has 0 radical (unpaired) electrons. The smallest absolute Gasteiger partial charge is 0.444 e. The Labute approximate surface area is 239 Å². The van der Waals surface area contributed by atoms with Gasteiger partial charge in [0, 0.05) is 30.4 Å². The van der Waals surface area contributed by atoms with Crippen molar-refractivity contribution >= 4 is 34.4 Å². The molecule has 1 aromatic heterocycles. The molecule has 2 aliphatic rings. The Morgan fingerprint density at radius 3 is 2.23 bits per heavy atom. The molecule has 0 saturated carbocycles. The maximum Gasteiger partial charge on any atom is 0.498 e. The Balaban J connectivity index is 1.67. The monoisotopic (exact) mass is 580 g/mol. The number of amides is 2. The minimum absolute atomic E-state index is 0.179. The van der Waals surface area contributed by atoms with Crippen LogP contribution < -0.4 is 10.8 Å². The van der Waals surface area contributed by atoms with Crippen LogP contribution in [0.15, 0.2) is 17.6 Å². The molecule has 1 N–H and O–H groups in total. The van der Waals surface area contributed by atoms with Crippen molar-refractivity contribution in [2.45, 2.75) is 122 Å². The number of ether oxygens (including phenoxy) is 1. The molecule has 0 spiro atoms. The van der Waals surface area contributed by atoms with Gasteiger partial charge >= 0.3 is 13.2 Å². The zero-order valence-electron chi connectivity index (χ0n) is 25.3. The fraction of sp³-hybridized carbons (Fsp3) is 0.778. The average molecular weight is 581 g/mol. The molecule has 3 heterocycles. The van der Waals surface area contributed by atoms with Crippen molar-refractivity contribution in [3.63, 3.8) is 0 Å². The molecule has 1 aromatic rings. The summed E-state index contributed by atoms with van der Waals surface area (Å²) < 4.78 is 43.6. The molecule has 0 aromatic carbocycles. The lowest BCUT2D eigenvalue weighted by atomic mass is 9.81. The molecule has 3 rings (SSSR count). The number of sulfone groups is 1. The Morgan fingerprint density at radius 1 is 1.12 bits per heavy atom. The van der Waals surface area contributed by atoms with Crippen molar-refractivity contribution in [2.75, 3.05) is 12.3 Å². The molecule has 2 saturated heterocycles. The van der Waals surface area contributed by atoms with E-state index in [1.165, 1.54) is 12.4 Å². The van der Waals surface area contributed by atoms with Crippen LogP contribution in [-0.4, -0.2) is 83.6 Å². The van der Waals surface area contributed by atoms with Crippen LogP contribution in [0.1, 0.15) is 88.0 Å². The van der Waals surface area contributed by atoms with Crippen molar-refractivity contribution in [1.82, 2.24) is 20.2 Å². The fourth-order valence-corrected chi connectivity index (χ4v) is 5.88. The molecule has 11 nitrogen and oxygen atoms in total. The topological polar surface area (TPSA) is 137 Å². The van der Waals surface area contributed by atoms with Gasteiger partial charge in [0.25, 0.3) is 0 Å². The van der Waals surface area contributed by atoms with E-state index in [2.05, 4.69) is 15.3 Å². The Morgan fingerprint density at radius 2 is 1.70 bits per heavy atom. The summed E-state index contributed by atoms with van der Waals surface area (Å²) in [5.41, 5.74) is -1.23. The number of piperidine rings is 1. The molecular formula is C27H45BN4O7S. The van der Waals surface area contributed by atoms with Crippen LogP contribution in [0.25, 0.3) is 0 Å². The third-order valence-corrected chi connectivity index (χ3v) is 9.23. The van der Waals surface area contributed by atoms with Crippen molar-refractivity contribution in [2.24, 2.45) is 5.92 Å². The summed E-state index contributed by atoms with van der Waals surface area (Å²) in [7, 11) is -4.49. The van der Waals surface area contributed by atoms with E-state index in [4.69, 9.17) is 14.0 Å². The minimum atomic E-state index is -3.80. The predicted molar refractivity (Wildman–Crippen MR) is 152 cm³/mol. The molecule has 2 atom stereocenters. The number of aromatic nitrogens is 2. The molecule has 13 heteroatoms. The summed E-state index contributed by atoms with van der Waals surface area (Å²) in [5, 5.41) is 2.45. The van der Waals surface area contributed by atoms with Gasteiger partial charge in [0.2, 0.25) is 20.9 Å². The molecule has 2 fully saturated rings. The zero-order chi connectivity index (χ0) is 30.1. The first-order chi connectivity index (χ1) is 18.3. The van der Waals surface area contributed by atoms with Crippen LogP contribution in [-0.2, 0) is 28.7 Å². The van der Waals surface area contributed by atoms with Crippen LogP contribution >= 0.6 is 0 Å². The van der Waals surface area contributed by atoms with Gasteiger partial charge in [0.15, 0.2) is 0 Å². The molecule has 0 unspecified atom stereocenters. The highest BCUT2D eigenvalue weighted by atomic mass is 32.2. The van der Waals surface area contributed by atoms with E-state index in [1.807, 2.05) is 41.5 Å². The van der Waals surface area contributed by atoms with Crippen LogP contribution in [0.4, 0.5) is 4.79 Å². The van der Waals surface area contributed by atoms with Gasteiger partial charge in [-0.15, -0.1) is 0 Å². The molecule has 2 aliphatic heterocycles. The molecule has 224 valence electrons. The molecular weight excluding hydrogens is 535 g/mol. The zero-order valence-corrected chi connectivity index (χ0v) is 26.1. The predicted octanol–water partition coefficient (Wildman–Crippen LogP) is 2.87. The standard InChI is InChI=1S/C27H45BN4O7S/c1-18(2)21(31-24(34)37-25(3,4)5)22(33)32-14-11-10-12-20(32)13-15-40(35,36)23-29-16-19(17-30-23)28-38-26(6,7)27(8,9)39-28/h16-18,20-21H,10-15H2,1-9H3,(H,31,34)/t20-,21-/m0/s1. The molecule has 0 bridgehead atoms. The Hall–Kier alpha value is -2.25. The molecule has 2 amide bonds. The highest BCUT2D eigenvalue weighted by Crippen LogP contribution is 2.36. The summed E-state index contributed by atoms with van der Waals surface area (Å²) in [5.74, 6) is -0.614. The van der Waals surface area contributed by atoms with Gasteiger partial charge in [-0.25, -0.2) is 23.2 Å². The quantitative estimate of drug-likeness (QED) is 0.364. The first-order valence-electron chi connectivity index (χ1n) is 14.0. The third kappa shape index (κ3) is 7.73. The lowest BCUT2D eigenvalue weighted by molar-refractivity contribution is -0.138. The van der Waals surface area contributed by atoms with Crippen LogP contribution in [0.2, 0.25) is 0 Å². The van der Waals surface area contributed by atoms with E-state index in [0.717, 1.165) is 12.8 Å². The van der Waals surface area contributed by atoms with Crippen LogP contribution in [0.5, 0.6) is 0 Å². The van der Waals surface area contributed by atoms with Crippen LogP contribution in [0, 0.1) is 5.92 Å². The maximum atomic E-state index is 13.6. The number of likely N-dealkylation sites (tertiary alicyclic amines) is 1. The minimum Gasteiger partial charge on any atom is -0.444 e. The second kappa shape index (κ2) is 11.9. The van der Waals surface area contributed by atoms with E-state index < -0.39 is 45.9 Å². The summed E-state index contributed by atoms with van der Waals surface area (Å²) in [4.78, 5) is 35.9. The summed E-state index contributed by atoms with van der Waals surface area (Å²) in [6.45, 7) is 17.2. The second-order valence-corrected chi connectivity index (χ2v) is 15.0. The van der Waals surface area contributed by atoms with Crippen molar-refractivity contribution < 1.29 is 32.1 Å². The van der Waals surface area contributed by atoms with Gasteiger partial charge in [-0.2, -0.15) is 0 Å². The molecule has 40 heavy (non-hydrogen) atoms. The fourth-order valence-electron chi connectivity index (χ4n) is 4.69. The summed E-state index contributed by atoms with van der Waals surface area (Å²) in [6.07, 6.45) is 4.82. The first kappa shape index (κ1) is 32.3. The van der Waals surface area contributed by atoms with Crippen molar-refractivity contribution in [1.29, 1.82) is 0 Å². The Kier molecular flexibility index (Phi) is 9.63. The van der Waals surface area contributed by atoms with Gasteiger partial charge in [-0.05, 0) is 80.1 Å². The highest BCUT2D eigenvalue weighted by molar-refractivity contribution is 7.91. The summed E-state index contributed by atoms with van der Waals surface area (Å²) >= 11 is 0. The normalized spacial score (nSPS) is 21.8. The van der Waals surface area contributed by atoms with Gasteiger partial charge in [-0.1, -0.05) is 13.8 Å². The highest BCUT2D eigenvalue weighted by Gasteiger charge is 2.52. The number of alkyl carbamates (subject to hydrolysis) is 1. The van der Waals surface area contributed by atoms with Crippen molar-refractivity contribution in [3.8, 4) is 0 Å². The number of carbonyl (C=O) groups is 2. The number of hydrogen-bond acceptors (Lipinski definition) is 9. The second-order valence-electron chi connectivity index (χ2n) is 13.0. The third-order valence-electron chi connectivity index (χ3n) is 7.69. The lowest BCUT2D eigenvalue weighted by Gasteiger charge is -2.39. The summed E-state index contributed by atoms with van der Waals surface area (Å²) in [6, 6.07) is -1.06. The van der Waals surface area contributed by atoms with E-state index in [0.29, 0.717) is 18.4 Å². The van der Waals surface area contributed by atoms with E-state index in [1.54, 1.807) is 25.7 Å². The van der Waals surface area contributed by atoms with E-state index in [9.17, 15) is 18.0 Å². The van der Waals surface area contributed by atoms with Gasteiger partial charge < -0.3 is 24.3 Å². The van der Waals surface area contributed by atoms with Gasteiger partial charge in [0.1, 0.15) is 11.6 Å². The lowest BCUT2D eigenvalue weighted by Crippen LogP contribution is -2.56. The van der Waals surface area contributed by atoms with Gasteiger partial charge in [-0.3, -0.25) is 4.79 Å². The number of nitrogens with zero attached hydrogens (tertiary/aromatic N) is 3. The number of hydrogen-bond donors (Lipinski definition) is 1. The van der Waals surface area contributed by atoms with Gasteiger partial charge in [0.05, 0.1) is 17.0 Å². The molecule has 0 aliphatic carbocycles. The van der Waals surface area contributed by atoms with Crippen molar-refractivity contribution in [3.05, 3.63) is 12.4 Å². The van der Waals surface area contributed by atoms with Crippen LogP contribution in [0.3, 0.4) is 0 Å². The van der Waals surface area contributed by atoms with E-state index >= 15 is 0 Å². The Bertz CT molecular complexity index is 1150. The maximum absolute atomic E-state index is 13.6. The first-order valence-corrected chi connectivity index (χ1v) is 15.7. The largest absolute Gasteiger partial charge is 0.498 e. The van der Waals surface area contributed by atoms with E-state index in [-0.39, 0.29) is 35.2 Å².